The van der Waals surface area contributed by atoms with E-state index in [-0.39, 0.29) is 32.4 Å². The third kappa shape index (κ3) is 33.0. The van der Waals surface area contributed by atoms with Gasteiger partial charge in [0, 0.05) is 6.42 Å². The van der Waals surface area contributed by atoms with Gasteiger partial charge in [-0.25, -0.2) is 0 Å². The fraction of sp³-hybridized carbons (Fsp3) is 0.893. The van der Waals surface area contributed by atoms with Crippen molar-refractivity contribution in [3.05, 3.63) is 12.2 Å². The number of esters is 1. The lowest BCUT2D eigenvalue weighted by Gasteiger charge is -2.08. The van der Waals surface area contributed by atoms with Gasteiger partial charge >= 0.3 is 5.97 Å². The summed E-state index contributed by atoms with van der Waals surface area (Å²) in [5.74, 6) is -0.279. The van der Waals surface area contributed by atoms with Crippen molar-refractivity contribution in [1.29, 1.82) is 0 Å². The lowest BCUT2D eigenvalue weighted by molar-refractivity contribution is -0.147. The van der Waals surface area contributed by atoms with Crippen LogP contribution in [-0.2, 0) is 9.53 Å². The highest BCUT2D eigenvalue weighted by molar-refractivity contribution is 5.69. The fourth-order valence-corrected chi connectivity index (χ4v) is 3.42. The Bertz CT molecular complexity index is 439. The number of allylic oxidation sites excluding steroid dienone is 2. The molecule has 210 valence electrons. The van der Waals surface area contributed by atoms with E-state index in [2.05, 4.69) is 19.1 Å². The molecule has 0 aromatic rings. The molecule has 0 aliphatic heterocycles. The third-order valence-corrected chi connectivity index (χ3v) is 5.71. The summed E-state index contributed by atoms with van der Waals surface area (Å²) in [5, 5.41) is 41.8. The molecule has 1 atom stereocenters. The van der Waals surface area contributed by atoms with Crippen LogP contribution in [0.1, 0.15) is 122 Å². The summed E-state index contributed by atoms with van der Waals surface area (Å²) >= 11 is 0. The van der Waals surface area contributed by atoms with E-state index in [0.29, 0.717) is 6.42 Å². The molecule has 0 heterocycles. The van der Waals surface area contributed by atoms with Gasteiger partial charge in [-0.05, 0) is 32.1 Å². The largest absolute Gasteiger partial charge is 0.463 e. The van der Waals surface area contributed by atoms with Gasteiger partial charge < -0.3 is 30.3 Å². The number of ether oxygens (including phenoxy) is 1. The molecule has 0 saturated carbocycles. The van der Waals surface area contributed by atoms with Crippen molar-refractivity contribution in [1.82, 2.24) is 0 Å². The third-order valence-electron chi connectivity index (χ3n) is 5.71. The molecule has 0 radical (unpaired) electrons. The molecule has 0 spiro atoms. The quantitative estimate of drug-likeness (QED) is 0.0725. The number of carbonyl (C=O) groups is 1. The summed E-state index contributed by atoms with van der Waals surface area (Å²) in [5.41, 5.74) is 0. The molecule has 35 heavy (non-hydrogen) atoms. The minimum Gasteiger partial charge on any atom is -0.463 e. The normalized spacial score (nSPS) is 12.1. The zero-order valence-electron chi connectivity index (χ0n) is 22.4. The van der Waals surface area contributed by atoms with Crippen LogP contribution in [0.4, 0.5) is 0 Å². The van der Waals surface area contributed by atoms with Crippen molar-refractivity contribution < 1.29 is 35.1 Å². The van der Waals surface area contributed by atoms with Crippen LogP contribution in [0.2, 0.25) is 0 Å². The Labute approximate surface area is 214 Å². The van der Waals surface area contributed by atoms with Gasteiger partial charge in [-0.3, -0.25) is 4.79 Å². The first-order chi connectivity index (χ1) is 17.0. The number of aliphatic hydroxyl groups is 5. The number of aliphatic hydroxyl groups excluding tert-OH is 5. The molecule has 0 amide bonds. The summed E-state index contributed by atoms with van der Waals surface area (Å²) in [6, 6.07) is 0. The highest BCUT2D eigenvalue weighted by Crippen LogP contribution is 2.12. The van der Waals surface area contributed by atoms with Gasteiger partial charge in [-0.15, -0.1) is 0 Å². The van der Waals surface area contributed by atoms with E-state index in [9.17, 15) is 4.79 Å². The Balaban J connectivity index is 0. The van der Waals surface area contributed by atoms with Crippen molar-refractivity contribution in [3.63, 3.8) is 0 Å². The molecule has 7 nitrogen and oxygen atoms in total. The summed E-state index contributed by atoms with van der Waals surface area (Å²) in [4.78, 5) is 11.4. The molecule has 0 rings (SSSR count). The SMILES string of the molecule is CCCCCCCC/C=C\CCCCCCCCCCCC(=O)OCC(O)CO.OCC(O)CO. The van der Waals surface area contributed by atoms with E-state index in [4.69, 9.17) is 30.3 Å². The van der Waals surface area contributed by atoms with Gasteiger partial charge in [0.05, 0.1) is 19.8 Å². The molecule has 0 aliphatic carbocycles. The molecule has 0 bridgehead atoms. The van der Waals surface area contributed by atoms with Gasteiger partial charge in [0.1, 0.15) is 18.8 Å². The van der Waals surface area contributed by atoms with Gasteiger partial charge in [-0.2, -0.15) is 0 Å². The van der Waals surface area contributed by atoms with Gasteiger partial charge in [0.15, 0.2) is 0 Å². The standard InChI is InChI=1S/C25H48O4.C3H8O3/c1-2-3-4-5-6-7-8-9-10-11-12-13-14-15-16-17-18-19-20-21-25(28)29-23-24(27)22-26;4-1-3(6)2-5/h9-10,24,26-27H,2-8,11-23H2,1H3;3-6H,1-2H2/b10-9-;. The zero-order chi connectivity index (χ0) is 26.4. The maximum Gasteiger partial charge on any atom is 0.305 e. The Hall–Kier alpha value is -0.990. The first kappa shape index (κ1) is 36.2. The van der Waals surface area contributed by atoms with Crippen LogP contribution in [0.5, 0.6) is 0 Å². The minimum atomic E-state index is -0.958. The minimum absolute atomic E-state index is 0.107. The fourth-order valence-electron chi connectivity index (χ4n) is 3.42. The Morgan fingerprint density at radius 3 is 1.43 bits per heavy atom. The molecule has 1 unspecified atom stereocenters. The zero-order valence-corrected chi connectivity index (χ0v) is 22.4. The molecule has 0 fully saturated rings. The number of unbranched alkanes of at least 4 members (excludes halogenated alkanes) is 15. The number of carbonyl (C=O) groups excluding carboxylic acids is 1. The second-order valence-corrected chi connectivity index (χ2v) is 9.29. The summed E-state index contributed by atoms with van der Waals surface area (Å²) in [7, 11) is 0. The first-order valence-corrected chi connectivity index (χ1v) is 14.0. The summed E-state index contributed by atoms with van der Waals surface area (Å²) in [6.07, 6.45) is 25.0. The van der Waals surface area contributed by atoms with Crippen molar-refractivity contribution in [2.45, 2.75) is 135 Å². The average Bonchev–Trinajstić information content (AvgIpc) is 2.88. The molecule has 0 aliphatic rings. The Morgan fingerprint density at radius 2 is 1.03 bits per heavy atom. The molecule has 0 saturated heterocycles. The smallest absolute Gasteiger partial charge is 0.305 e. The predicted molar refractivity (Wildman–Crippen MR) is 142 cm³/mol. The summed E-state index contributed by atoms with van der Waals surface area (Å²) in [6.45, 7) is 1.06. The lowest BCUT2D eigenvalue weighted by Crippen LogP contribution is -2.21. The summed E-state index contributed by atoms with van der Waals surface area (Å²) < 4.78 is 4.88. The van der Waals surface area contributed by atoms with Crippen LogP contribution < -0.4 is 0 Å². The maximum absolute atomic E-state index is 11.4. The molecule has 5 N–H and O–H groups in total. The maximum atomic E-state index is 11.4. The molecule has 7 heteroatoms. The van der Waals surface area contributed by atoms with E-state index in [0.717, 1.165) is 12.8 Å². The van der Waals surface area contributed by atoms with E-state index in [1.807, 2.05) is 0 Å². The predicted octanol–water partition coefficient (Wildman–Crippen LogP) is 4.81. The first-order valence-electron chi connectivity index (χ1n) is 14.0. The van der Waals surface area contributed by atoms with Crippen LogP contribution in [0.3, 0.4) is 0 Å². The average molecular weight is 505 g/mol. The van der Waals surface area contributed by atoms with Crippen molar-refractivity contribution in [3.8, 4) is 0 Å². The Kier molecular flexibility index (Phi) is 32.1. The van der Waals surface area contributed by atoms with Crippen LogP contribution >= 0.6 is 0 Å². The molecular weight excluding hydrogens is 448 g/mol. The second-order valence-electron chi connectivity index (χ2n) is 9.29. The van der Waals surface area contributed by atoms with Crippen LogP contribution in [0.15, 0.2) is 12.2 Å². The van der Waals surface area contributed by atoms with Crippen LogP contribution in [-0.4, -0.2) is 70.1 Å². The topological polar surface area (TPSA) is 127 Å². The monoisotopic (exact) mass is 504 g/mol. The second kappa shape index (κ2) is 31.0. The van der Waals surface area contributed by atoms with Crippen molar-refractivity contribution in [2.24, 2.45) is 0 Å². The highest BCUT2D eigenvalue weighted by atomic mass is 16.5. The van der Waals surface area contributed by atoms with Crippen LogP contribution in [0, 0.1) is 0 Å². The highest BCUT2D eigenvalue weighted by Gasteiger charge is 2.07. The van der Waals surface area contributed by atoms with E-state index < -0.39 is 12.2 Å². The van der Waals surface area contributed by atoms with Crippen LogP contribution in [0.25, 0.3) is 0 Å². The lowest BCUT2D eigenvalue weighted by atomic mass is 10.1. The Morgan fingerprint density at radius 1 is 0.629 bits per heavy atom. The number of hydrogen-bond acceptors (Lipinski definition) is 7. The van der Waals surface area contributed by atoms with E-state index >= 15 is 0 Å². The van der Waals surface area contributed by atoms with Crippen molar-refractivity contribution >= 4 is 5.97 Å². The van der Waals surface area contributed by atoms with Gasteiger partial charge in [0.2, 0.25) is 0 Å². The molecule has 0 aromatic carbocycles. The van der Waals surface area contributed by atoms with Gasteiger partial charge in [0.25, 0.3) is 0 Å². The number of rotatable bonds is 24. The van der Waals surface area contributed by atoms with Crippen molar-refractivity contribution in [2.75, 3.05) is 26.4 Å². The van der Waals surface area contributed by atoms with E-state index in [1.54, 1.807) is 0 Å². The van der Waals surface area contributed by atoms with E-state index in [1.165, 1.54) is 96.3 Å². The number of hydrogen-bond donors (Lipinski definition) is 5. The molecular formula is C28H56O7. The molecule has 0 aromatic heterocycles. The van der Waals surface area contributed by atoms with Gasteiger partial charge in [-0.1, -0.05) is 96.1 Å².